The van der Waals surface area contributed by atoms with Gasteiger partial charge in [-0.1, -0.05) is 13.8 Å². The zero-order valence-corrected chi connectivity index (χ0v) is 11.7. The Morgan fingerprint density at radius 2 is 2.11 bits per heavy atom. The number of hydrogen-bond acceptors (Lipinski definition) is 3. The van der Waals surface area contributed by atoms with E-state index in [1.807, 2.05) is 26.1 Å². The van der Waals surface area contributed by atoms with E-state index < -0.39 is 0 Å². The zero-order chi connectivity index (χ0) is 13.5. The number of nitrogens with one attached hydrogen (secondary N) is 2. The van der Waals surface area contributed by atoms with Crippen LogP contribution in [0.1, 0.15) is 25.4 Å². The van der Waals surface area contributed by atoms with Crippen LogP contribution < -0.4 is 10.6 Å². The lowest BCUT2D eigenvalue weighted by molar-refractivity contribution is -0.126. The maximum Gasteiger partial charge on any atom is 0.224 e. The summed E-state index contributed by atoms with van der Waals surface area (Å²) in [4.78, 5) is 12.0. The monoisotopic (exact) mass is 252 g/mol. The van der Waals surface area contributed by atoms with E-state index in [4.69, 9.17) is 4.42 Å². The van der Waals surface area contributed by atoms with Crippen LogP contribution in [0.5, 0.6) is 0 Å². The third-order valence-corrected chi connectivity index (χ3v) is 3.03. The highest BCUT2D eigenvalue weighted by atomic mass is 16.3. The molecule has 0 bridgehead atoms. The third-order valence-electron chi connectivity index (χ3n) is 3.03. The molecular weight excluding hydrogens is 228 g/mol. The standard InChI is InChI=1S/C14H24N2O2/c1-10(2)13(9-15-4)14(17)16-8-7-12-6-5-11(3)18-12/h5-6,10,13,15H,7-9H2,1-4H3,(H,16,17). The van der Waals surface area contributed by atoms with Gasteiger partial charge in [0.2, 0.25) is 5.91 Å². The van der Waals surface area contributed by atoms with Gasteiger partial charge < -0.3 is 15.1 Å². The minimum atomic E-state index is 0.0216. The fraction of sp³-hybridized carbons (Fsp3) is 0.643. The average molecular weight is 252 g/mol. The molecule has 2 N–H and O–H groups in total. The van der Waals surface area contributed by atoms with Gasteiger partial charge in [0.1, 0.15) is 11.5 Å². The Balaban J connectivity index is 2.35. The van der Waals surface area contributed by atoms with Crippen molar-refractivity contribution in [2.24, 2.45) is 11.8 Å². The van der Waals surface area contributed by atoms with Gasteiger partial charge in [0.25, 0.3) is 0 Å². The van der Waals surface area contributed by atoms with Crippen LogP contribution in [0, 0.1) is 18.8 Å². The predicted molar refractivity (Wildman–Crippen MR) is 72.4 cm³/mol. The molecule has 1 aromatic heterocycles. The van der Waals surface area contributed by atoms with Gasteiger partial charge in [0.05, 0.1) is 5.92 Å². The molecule has 0 saturated heterocycles. The highest BCUT2D eigenvalue weighted by Gasteiger charge is 2.20. The van der Waals surface area contributed by atoms with Gasteiger partial charge in [-0.15, -0.1) is 0 Å². The lowest BCUT2D eigenvalue weighted by Gasteiger charge is -2.19. The maximum absolute atomic E-state index is 12.0. The zero-order valence-electron chi connectivity index (χ0n) is 11.7. The van der Waals surface area contributed by atoms with Gasteiger partial charge in [-0.05, 0) is 32.0 Å². The number of rotatable bonds is 7. The molecule has 0 aliphatic carbocycles. The maximum atomic E-state index is 12.0. The van der Waals surface area contributed by atoms with Crippen molar-refractivity contribution in [2.75, 3.05) is 20.1 Å². The SMILES string of the molecule is CNCC(C(=O)NCCc1ccc(C)o1)C(C)C. The van der Waals surface area contributed by atoms with E-state index in [0.29, 0.717) is 19.0 Å². The number of carbonyl (C=O) groups is 1. The van der Waals surface area contributed by atoms with E-state index in [2.05, 4.69) is 24.5 Å². The van der Waals surface area contributed by atoms with Crippen molar-refractivity contribution in [3.63, 3.8) is 0 Å². The summed E-state index contributed by atoms with van der Waals surface area (Å²) in [6.45, 7) is 7.39. The first-order valence-corrected chi connectivity index (χ1v) is 6.52. The van der Waals surface area contributed by atoms with E-state index in [9.17, 15) is 4.79 Å². The molecule has 102 valence electrons. The van der Waals surface area contributed by atoms with Crippen LogP contribution in [-0.2, 0) is 11.2 Å². The van der Waals surface area contributed by atoms with Crippen molar-refractivity contribution in [3.8, 4) is 0 Å². The molecule has 0 radical (unpaired) electrons. The Bertz CT molecular complexity index is 372. The van der Waals surface area contributed by atoms with Crippen molar-refractivity contribution in [1.29, 1.82) is 0 Å². The van der Waals surface area contributed by atoms with Gasteiger partial charge in [-0.3, -0.25) is 4.79 Å². The quantitative estimate of drug-likeness (QED) is 0.777. The van der Waals surface area contributed by atoms with Crippen LogP contribution in [0.4, 0.5) is 0 Å². The highest BCUT2D eigenvalue weighted by molar-refractivity contribution is 5.79. The second-order valence-electron chi connectivity index (χ2n) is 4.96. The molecule has 0 aromatic carbocycles. The molecule has 4 heteroatoms. The smallest absolute Gasteiger partial charge is 0.224 e. The number of carbonyl (C=O) groups excluding carboxylic acids is 1. The van der Waals surface area contributed by atoms with Crippen molar-refractivity contribution >= 4 is 5.91 Å². The Hall–Kier alpha value is -1.29. The lowest BCUT2D eigenvalue weighted by atomic mass is 9.95. The summed E-state index contributed by atoms with van der Waals surface area (Å²) in [5.74, 6) is 2.30. The van der Waals surface area contributed by atoms with Gasteiger partial charge in [-0.2, -0.15) is 0 Å². The minimum Gasteiger partial charge on any atom is -0.466 e. The average Bonchev–Trinajstić information content (AvgIpc) is 2.71. The molecule has 0 fully saturated rings. The minimum absolute atomic E-state index is 0.0216. The first-order chi connectivity index (χ1) is 8.54. The van der Waals surface area contributed by atoms with E-state index in [1.165, 1.54) is 0 Å². The first kappa shape index (κ1) is 14.8. The Morgan fingerprint density at radius 1 is 1.39 bits per heavy atom. The highest BCUT2D eigenvalue weighted by Crippen LogP contribution is 2.10. The molecule has 0 aliphatic rings. The number of hydrogen-bond donors (Lipinski definition) is 2. The molecule has 0 spiro atoms. The summed E-state index contributed by atoms with van der Waals surface area (Å²) in [5, 5.41) is 6.03. The van der Waals surface area contributed by atoms with Crippen LogP contribution >= 0.6 is 0 Å². The molecule has 1 atom stereocenters. The van der Waals surface area contributed by atoms with Crippen LogP contribution in [-0.4, -0.2) is 26.0 Å². The molecule has 18 heavy (non-hydrogen) atoms. The van der Waals surface area contributed by atoms with E-state index in [0.717, 1.165) is 17.9 Å². The second-order valence-corrected chi connectivity index (χ2v) is 4.96. The Kier molecular flexibility index (Phi) is 5.92. The van der Waals surface area contributed by atoms with Gasteiger partial charge in [0.15, 0.2) is 0 Å². The molecule has 4 nitrogen and oxygen atoms in total. The van der Waals surface area contributed by atoms with Crippen LogP contribution in [0.15, 0.2) is 16.5 Å². The van der Waals surface area contributed by atoms with Crippen LogP contribution in [0.2, 0.25) is 0 Å². The fourth-order valence-electron chi connectivity index (χ4n) is 1.91. The number of furan rings is 1. The molecule has 0 aliphatic heterocycles. The summed E-state index contributed by atoms with van der Waals surface area (Å²) in [5.41, 5.74) is 0. The summed E-state index contributed by atoms with van der Waals surface area (Å²) in [7, 11) is 1.87. The van der Waals surface area contributed by atoms with Gasteiger partial charge in [-0.25, -0.2) is 0 Å². The van der Waals surface area contributed by atoms with Crippen molar-refractivity contribution < 1.29 is 9.21 Å². The normalized spacial score (nSPS) is 12.7. The molecule has 0 saturated carbocycles. The van der Waals surface area contributed by atoms with Crippen LogP contribution in [0.3, 0.4) is 0 Å². The van der Waals surface area contributed by atoms with Crippen molar-refractivity contribution in [2.45, 2.75) is 27.2 Å². The second kappa shape index (κ2) is 7.21. The largest absolute Gasteiger partial charge is 0.466 e. The number of amides is 1. The first-order valence-electron chi connectivity index (χ1n) is 6.52. The third kappa shape index (κ3) is 4.53. The Morgan fingerprint density at radius 3 is 2.61 bits per heavy atom. The van der Waals surface area contributed by atoms with Gasteiger partial charge in [0, 0.05) is 19.5 Å². The molecular formula is C14H24N2O2. The Labute approximate surface area is 109 Å². The van der Waals surface area contributed by atoms with Crippen molar-refractivity contribution in [3.05, 3.63) is 23.7 Å². The van der Waals surface area contributed by atoms with E-state index in [-0.39, 0.29) is 11.8 Å². The molecule has 1 unspecified atom stereocenters. The van der Waals surface area contributed by atoms with Crippen molar-refractivity contribution in [1.82, 2.24) is 10.6 Å². The van der Waals surface area contributed by atoms with Gasteiger partial charge >= 0.3 is 0 Å². The van der Waals surface area contributed by atoms with E-state index >= 15 is 0 Å². The predicted octanol–water partition coefficient (Wildman–Crippen LogP) is 1.74. The topological polar surface area (TPSA) is 54.3 Å². The summed E-state index contributed by atoms with van der Waals surface area (Å²) in [6, 6.07) is 3.89. The van der Waals surface area contributed by atoms with E-state index in [1.54, 1.807) is 0 Å². The molecule has 1 heterocycles. The lowest BCUT2D eigenvalue weighted by Crippen LogP contribution is -2.39. The summed E-state index contributed by atoms with van der Waals surface area (Å²) in [6.07, 6.45) is 0.740. The fourth-order valence-corrected chi connectivity index (χ4v) is 1.91. The summed E-state index contributed by atoms with van der Waals surface area (Å²) >= 11 is 0. The molecule has 1 amide bonds. The number of aryl methyl sites for hydroxylation is 1. The molecule has 1 aromatic rings. The van der Waals surface area contributed by atoms with Crippen LogP contribution in [0.25, 0.3) is 0 Å². The molecule has 1 rings (SSSR count). The summed E-state index contributed by atoms with van der Waals surface area (Å²) < 4.78 is 5.46.